The Morgan fingerprint density at radius 1 is 1.26 bits per heavy atom. The molecule has 140 valence electrons. The van der Waals surface area contributed by atoms with Crippen LogP contribution in [0.4, 0.5) is 0 Å². The first kappa shape index (κ1) is 19.0. The molecule has 0 radical (unpaired) electrons. The molecule has 3 rings (SSSR count). The van der Waals surface area contributed by atoms with E-state index in [9.17, 15) is 13.2 Å². The monoisotopic (exact) mass is 403 g/mol. The molecule has 2 aromatic heterocycles. The Morgan fingerprint density at radius 3 is 2.74 bits per heavy atom. The van der Waals surface area contributed by atoms with Gasteiger partial charge in [0, 0.05) is 12.7 Å². The SMILES string of the molecule is COc1ccc(S(=O)(=O)NCc2cccnc2-c2cccs2)cc1C(N)=O. The van der Waals surface area contributed by atoms with Gasteiger partial charge in [-0.05, 0) is 41.3 Å². The number of hydrogen-bond donors (Lipinski definition) is 2. The number of primary amides is 1. The van der Waals surface area contributed by atoms with Crippen LogP contribution in [0.1, 0.15) is 15.9 Å². The zero-order valence-corrected chi connectivity index (χ0v) is 16.0. The van der Waals surface area contributed by atoms with Gasteiger partial charge in [-0.25, -0.2) is 13.1 Å². The second kappa shape index (κ2) is 7.87. The molecular weight excluding hydrogens is 386 g/mol. The highest BCUT2D eigenvalue weighted by Gasteiger charge is 2.19. The van der Waals surface area contributed by atoms with Crippen LogP contribution >= 0.6 is 11.3 Å². The van der Waals surface area contributed by atoms with Gasteiger partial charge in [0.25, 0.3) is 5.91 Å². The van der Waals surface area contributed by atoms with Crippen LogP contribution in [0.15, 0.2) is 58.9 Å². The molecule has 0 aliphatic rings. The topological polar surface area (TPSA) is 111 Å². The van der Waals surface area contributed by atoms with E-state index in [1.807, 2.05) is 23.6 Å². The smallest absolute Gasteiger partial charge is 0.252 e. The number of rotatable bonds is 7. The van der Waals surface area contributed by atoms with Crippen molar-refractivity contribution < 1.29 is 17.9 Å². The first-order valence-corrected chi connectivity index (χ1v) is 10.2. The third-order valence-corrected chi connectivity index (χ3v) is 6.12. The van der Waals surface area contributed by atoms with Gasteiger partial charge in [0.2, 0.25) is 10.0 Å². The molecule has 3 aromatic rings. The summed E-state index contributed by atoms with van der Waals surface area (Å²) >= 11 is 1.52. The predicted octanol–water partition coefficient (Wildman–Crippen LogP) is 2.40. The minimum Gasteiger partial charge on any atom is -0.496 e. The zero-order chi connectivity index (χ0) is 19.4. The van der Waals surface area contributed by atoms with Crippen LogP contribution in [0.5, 0.6) is 5.75 Å². The minimum atomic E-state index is -3.86. The normalized spacial score (nSPS) is 11.3. The van der Waals surface area contributed by atoms with Crippen LogP contribution < -0.4 is 15.2 Å². The van der Waals surface area contributed by atoms with Crippen molar-refractivity contribution in [3.63, 3.8) is 0 Å². The van der Waals surface area contributed by atoms with Gasteiger partial charge in [-0.2, -0.15) is 0 Å². The lowest BCUT2D eigenvalue weighted by Gasteiger charge is -2.11. The second-order valence-corrected chi connectivity index (χ2v) is 8.25. The zero-order valence-electron chi connectivity index (χ0n) is 14.4. The van der Waals surface area contributed by atoms with Crippen molar-refractivity contribution in [2.45, 2.75) is 11.4 Å². The van der Waals surface area contributed by atoms with Gasteiger partial charge in [-0.3, -0.25) is 9.78 Å². The summed E-state index contributed by atoms with van der Waals surface area (Å²) in [6.45, 7) is 0.0569. The van der Waals surface area contributed by atoms with E-state index in [2.05, 4.69) is 9.71 Å². The molecule has 1 amide bonds. The third-order valence-electron chi connectivity index (χ3n) is 3.85. The van der Waals surface area contributed by atoms with Crippen LogP contribution in [0, 0.1) is 0 Å². The predicted molar refractivity (Wildman–Crippen MR) is 103 cm³/mol. The third kappa shape index (κ3) is 4.16. The fourth-order valence-corrected chi connectivity index (χ4v) is 4.31. The molecule has 9 heteroatoms. The summed E-state index contributed by atoms with van der Waals surface area (Å²) in [5.74, 6) is -0.551. The van der Waals surface area contributed by atoms with Crippen molar-refractivity contribution in [3.8, 4) is 16.3 Å². The summed E-state index contributed by atoms with van der Waals surface area (Å²) in [6, 6.07) is 11.4. The quantitative estimate of drug-likeness (QED) is 0.629. The first-order valence-electron chi connectivity index (χ1n) is 7.87. The highest BCUT2D eigenvalue weighted by molar-refractivity contribution is 7.89. The average Bonchev–Trinajstić information content (AvgIpc) is 3.20. The van der Waals surface area contributed by atoms with Crippen molar-refractivity contribution in [1.29, 1.82) is 0 Å². The summed E-state index contributed by atoms with van der Waals surface area (Å²) < 4.78 is 32.9. The largest absolute Gasteiger partial charge is 0.496 e. The Hall–Kier alpha value is -2.75. The lowest BCUT2D eigenvalue weighted by molar-refractivity contribution is 0.0997. The highest BCUT2D eigenvalue weighted by Crippen LogP contribution is 2.26. The summed E-state index contributed by atoms with van der Waals surface area (Å²) in [7, 11) is -2.49. The van der Waals surface area contributed by atoms with Crippen LogP contribution in [0.3, 0.4) is 0 Å². The Morgan fingerprint density at radius 2 is 2.07 bits per heavy atom. The fourth-order valence-electron chi connectivity index (χ4n) is 2.52. The number of aromatic nitrogens is 1. The molecule has 0 saturated carbocycles. The first-order chi connectivity index (χ1) is 12.9. The van der Waals surface area contributed by atoms with E-state index in [1.54, 1.807) is 12.3 Å². The van der Waals surface area contributed by atoms with Gasteiger partial charge in [0.15, 0.2) is 0 Å². The van der Waals surface area contributed by atoms with E-state index in [4.69, 9.17) is 10.5 Å². The number of pyridine rings is 1. The van der Waals surface area contributed by atoms with Crippen LogP contribution in [0.2, 0.25) is 0 Å². The highest BCUT2D eigenvalue weighted by atomic mass is 32.2. The molecule has 27 heavy (non-hydrogen) atoms. The molecule has 0 atom stereocenters. The molecule has 2 heterocycles. The number of ether oxygens (including phenoxy) is 1. The molecular formula is C18H17N3O4S2. The number of nitrogens with one attached hydrogen (secondary N) is 1. The second-order valence-electron chi connectivity index (χ2n) is 5.54. The summed E-state index contributed by atoms with van der Waals surface area (Å²) in [6.07, 6.45) is 1.66. The maximum atomic E-state index is 12.7. The fraction of sp³-hybridized carbons (Fsp3) is 0.111. The Bertz CT molecular complexity index is 1060. The molecule has 1 aromatic carbocycles. The molecule has 7 nitrogen and oxygen atoms in total. The molecule has 0 unspecified atom stereocenters. The average molecular weight is 403 g/mol. The van der Waals surface area contributed by atoms with Crippen LogP contribution in [-0.2, 0) is 16.6 Å². The van der Waals surface area contributed by atoms with Gasteiger partial charge in [-0.1, -0.05) is 12.1 Å². The molecule has 0 saturated heterocycles. The number of thiophene rings is 1. The number of nitrogens with zero attached hydrogens (tertiary/aromatic N) is 1. The van der Waals surface area contributed by atoms with E-state index < -0.39 is 15.9 Å². The van der Waals surface area contributed by atoms with Gasteiger partial charge < -0.3 is 10.5 Å². The van der Waals surface area contributed by atoms with E-state index in [0.717, 1.165) is 16.1 Å². The van der Waals surface area contributed by atoms with Crippen molar-refractivity contribution in [3.05, 3.63) is 65.2 Å². The van der Waals surface area contributed by atoms with E-state index in [1.165, 1.54) is 36.6 Å². The molecule has 0 aliphatic carbocycles. The van der Waals surface area contributed by atoms with Crippen molar-refractivity contribution >= 4 is 27.3 Å². The lowest BCUT2D eigenvalue weighted by Crippen LogP contribution is -2.24. The Balaban J connectivity index is 1.87. The van der Waals surface area contributed by atoms with Crippen molar-refractivity contribution in [2.24, 2.45) is 5.73 Å². The summed E-state index contributed by atoms with van der Waals surface area (Å²) in [4.78, 5) is 16.8. The van der Waals surface area contributed by atoms with E-state index in [0.29, 0.717) is 0 Å². The van der Waals surface area contributed by atoms with Crippen LogP contribution in [-0.4, -0.2) is 26.4 Å². The molecule has 0 fully saturated rings. The van der Waals surface area contributed by atoms with Crippen molar-refractivity contribution in [1.82, 2.24) is 9.71 Å². The standard InChI is InChI=1S/C18H17N3O4S2/c1-25-15-7-6-13(10-14(15)18(19)22)27(23,24)21-11-12-4-2-8-20-17(12)16-5-3-9-26-16/h2-10,21H,11H2,1H3,(H2,19,22). The lowest BCUT2D eigenvalue weighted by atomic mass is 10.2. The number of sulfonamides is 1. The minimum absolute atomic E-state index is 0.000951. The van der Waals surface area contributed by atoms with Gasteiger partial charge in [0.05, 0.1) is 28.1 Å². The maximum absolute atomic E-state index is 12.7. The molecule has 0 spiro atoms. The maximum Gasteiger partial charge on any atom is 0.252 e. The number of nitrogens with two attached hydrogens (primary N) is 1. The van der Waals surface area contributed by atoms with E-state index in [-0.39, 0.29) is 22.8 Å². The van der Waals surface area contributed by atoms with Gasteiger partial charge in [-0.15, -0.1) is 11.3 Å². The number of carbonyl (C=O) groups is 1. The van der Waals surface area contributed by atoms with Crippen LogP contribution in [0.25, 0.3) is 10.6 Å². The number of carbonyl (C=O) groups excluding carboxylic acids is 1. The van der Waals surface area contributed by atoms with E-state index >= 15 is 0 Å². The number of methoxy groups -OCH3 is 1. The summed E-state index contributed by atoms with van der Waals surface area (Å²) in [5.41, 5.74) is 6.77. The summed E-state index contributed by atoms with van der Waals surface area (Å²) in [5, 5.41) is 1.93. The number of hydrogen-bond acceptors (Lipinski definition) is 6. The molecule has 3 N–H and O–H groups in total. The Kier molecular flexibility index (Phi) is 5.54. The van der Waals surface area contributed by atoms with Gasteiger partial charge >= 0.3 is 0 Å². The number of amides is 1. The number of benzene rings is 1. The molecule has 0 aliphatic heterocycles. The molecule has 0 bridgehead atoms. The van der Waals surface area contributed by atoms with Gasteiger partial charge in [0.1, 0.15) is 5.75 Å². The van der Waals surface area contributed by atoms with Crippen molar-refractivity contribution in [2.75, 3.05) is 7.11 Å². The Labute approximate surface area is 160 Å².